The average molecular weight is 499 g/mol. The lowest BCUT2D eigenvalue weighted by Gasteiger charge is -2.29. The van der Waals surface area contributed by atoms with Crippen LogP contribution in [0.15, 0.2) is 29.5 Å². The first-order valence-electron chi connectivity index (χ1n) is 12.5. The maximum atomic E-state index is 13.4. The zero-order valence-electron chi connectivity index (χ0n) is 21.3. The molecule has 36 heavy (non-hydrogen) atoms. The van der Waals surface area contributed by atoms with Crippen molar-refractivity contribution in [1.82, 2.24) is 25.1 Å². The number of hydrogen-bond donors (Lipinski definition) is 1. The topological polar surface area (TPSA) is 121 Å². The fourth-order valence-corrected chi connectivity index (χ4v) is 4.76. The number of ether oxygens (including phenoxy) is 3. The van der Waals surface area contributed by atoms with E-state index in [0.29, 0.717) is 41.8 Å². The Labute approximate surface area is 210 Å². The maximum absolute atomic E-state index is 13.4. The van der Waals surface area contributed by atoms with Crippen molar-refractivity contribution in [2.45, 2.75) is 65.0 Å². The minimum atomic E-state index is -0.618. The second-order valence-electron chi connectivity index (χ2n) is 8.94. The Hall–Kier alpha value is -3.63. The van der Waals surface area contributed by atoms with Crippen LogP contribution in [-0.4, -0.2) is 69.9 Å². The Bertz CT molecular complexity index is 1120. The number of benzene rings is 1. The summed E-state index contributed by atoms with van der Waals surface area (Å²) in [5.74, 6) is 0.803. The minimum absolute atomic E-state index is 0.0869. The lowest BCUT2D eigenvalue weighted by Crippen LogP contribution is -2.34. The van der Waals surface area contributed by atoms with Crippen LogP contribution in [0.4, 0.5) is 5.95 Å². The van der Waals surface area contributed by atoms with Gasteiger partial charge in [-0.25, -0.2) is 4.79 Å². The van der Waals surface area contributed by atoms with Crippen LogP contribution in [0.2, 0.25) is 0 Å². The summed E-state index contributed by atoms with van der Waals surface area (Å²) in [6.07, 6.45) is 4.95. The van der Waals surface area contributed by atoms with Crippen molar-refractivity contribution in [2.24, 2.45) is 0 Å². The molecular weight excluding hydrogens is 464 g/mol. The van der Waals surface area contributed by atoms with Gasteiger partial charge in [-0.3, -0.25) is 4.79 Å². The molecule has 0 saturated heterocycles. The third kappa shape index (κ3) is 5.29. The molecule has 0 spiro atoms. The molecule has 1 fully saturated rings. The number of carbonyl (C=O) groups excluding carboxylic acids is 2. The lowest BCUT2D eigenvalue weighted by molar-refractivity contribution is -0.146. The number of tetrazole rings is 1. The monoisotopic (exact) mass is 498 g/mol. The van der Waals surface area contributed by atoms with Gasteiger partial charge >= 0.3 is 5.97 Å². The van der Waals surface area contributed by atoms with Crippen molar-refractivity contribution in [3.8, 4) is 11.5 Å². The Morgan fingerprint density at radius 1 is 1.14 bits per heavy atom. The highest BCUT2D eigenvalue weighted by molar-refractivity contribution is 5.92. The number of amides is 1. The van der Waals surface area contributed by atoms with E-state index in [0.717, 1.165) is 31.2 Å². The van der Waals surface area contributed by atoms with Gasteiger partial charge < -0.3 is 24.4 Å². The maximum Gasteiger partial charge on any atom is 0.338 e. The second-order valence-corrected chi connectivity index (χ2v) is 8.94. The molecule has 1 aliphatic heterocycles. The first kappa shape index (κ1) is 25.5. The highest BCUT2D eigenvalue weighted by atomic mass is 16.5. The first-order chi connectivity index (χ1) is 17.5. The van der Waals surface area contributed by atoms with E-state index in [-0.39, 0.29) is 24.6 Å². The molecular formula is C25H34N6O5. The molecule has 0 bridgehead atoms. The van der Waals surface area contributed by atoms with E-state index in [1.54, 1.807) is 21.7 Å². The van der Waals surface area contributed by atoms with E-state index >= 15 is 0 Å². The number of nitrogens with one attached hydrogen (secondary N) is 1. The van der Waals surface area contributed by atoms with Crippen LogP contribution in [0.3, 0.4) is 0 Å². The van der Waals surface area contributed by atoms with Crippen LogP contribution in [0.5, 0.6) is 11.5 Å². The van der Waals surface area contributed by atoms with Gasteiger partial charge in [0.25, 0.3) is 5.91 Å². The number of nitrogens with zero attached hydrogens (tertiary/aromatic N) is 5. The van der Waals surface area contributed by atoms with Crippen molar-refractivity contribution in [2.75, 3.05) is 32.1 Å². The van der Waals surface area contributed by atoms with Crippen molar-refractivity contribution in [1.29, 1.82) is 0 Å². The van der Waals surface area contributed by atoms with Crippen LogP contribution in [0.1, 0.15) is 64.5 Å². The molecule has 2 heterocycles. The molecule has 1 aromatic carbocycles. The molecule has 1 saturated carbocycles. The van der Waals surface area contributed by atoms with E-state index in [1.165, 1.54) is 13.5 Å². The van der Waals surface area contributed by atoms with Gasteiger partial charge in [-0.1, -0.05) is 17.6 Å². The number of fused-ring (bicyclic) bond motifs is 1. The minimum Gasteiger partial charge on any atom is -0.493 e. The Balaban J connectivity index is 1.62. The number of methoxy groups -OCH3 is 1. The molecule has 0 radical (unpaired) electrons. The average Bonchev–Trinajstić information content (AvgIpc) is 3.35. The zero-order chi connectivity index (χ0) is 25.7. The zero-order valence-corrected chi connectivity index (χ0v) is 21.3. The number of allylic oxidation sites excluding steroid dienone is 1. The fraction of sp³-hybridized carbons (Fsp3) is 0.560. The second kappa shape index (κ2) is 11.4. The normalized spacial score (nSPS) is 17.7. The van der Waals surface area contributed by atoms with Gasteiger partial charge in [0.2, 0.25) is 5.95 Å². The summed E-state index contributed by atoms with van der Waals surface area (Å²) in [6.45, 7) is 6.80. The predicted molar refractivity (Wildman–Crippen MR) is 132 cm³/mol. The quantitative estimate of drug-likeness (QED) is 0.520. The number of likely N-dealkylation sites (N-methyl/N-ethyl adjacent to an activating group) is 1. The molecule has 1 amide bonds. The Kier molecular flexibility index (Phi) is 8.07. The number of rotatable bonds is 9. The van der Waals surface area contributed by atoms with Crippen LogP contribution in [0.25, 0.3) is 0 Å². The third-order valence-electron chi connectivity index (χ3n) is 6.73. The van der Waals surface area contributed by atoms with Gasteiger partial charge in [0, 0.05) is 18.8 Å². The number of esters is 1. The summed E-state index contributed by atoms with van der Waals surface area (Å²) in [6, 6.07) is 4.71. The summed E-state index contributed by atoms with van der Waals surface area (Å²) < 4.78 is 18.8. The molecule has 4 rings (SSSR count). The van der Waals surface area contributed by atoms with Crippen LogP contribution < -0.4 is 14.8 Å². The Morgan fingerprint density at radius 3 is 2.58 bits per heavy atom. The smallest absolute Gasteiger partial charge is 0.338 e. The number of anilines is 1. The molecule has 194 valence electrons. The van der Waals surface area contributed by atoms with Gasteiger partial charge in [-0.15, -0.1) is 0 Å². The Morgan fingerprint density at radius 2 is 1.89 bits per heavy atom. The summed E-state index contributed by atoms with van der Waals surface area (Å²) >= 11 is 0. The predicted octanol–water partition coefficient (Wildman–Crippen LogP) is 3.09. The van der Waals surface area contributed by atoms with Crippen molar-refractivity contribution in [3.05, 3.63) is 35.0 Å². The van der Waals surface area contributed by atoms with E-state index in [4.69, 9.17) is 14.2 Å². The summed E-state index contributed by atoms with van der Waals surface area (Å²) in [4.78, 5) is 27.5. The molecule has 1 unspecified atom stereocenters. The number of aromatic nitrogens is 4. The highest BCUT2D eigenvalue weighted by Gasteiger charge is 2.36. The highest BCUT2D eigenvalue weighted by Crippen LogP contribution is 2.39. The van der Waals surface area contributed by atoms with E-state index in [2.05, 4.69) is 20.8 Å². The van der Waals surface area contributed by atoms with E-state index in [9.17, 15) is 9.59 Å². The molecule has 1 aromatic heterocycles. The lowest BCUT2D eigenvalue weighted by atomic mass is 9.94. The first-order valence-corrected chi connectivity index (χ1v) is 12.5. The number of carbonyl (C=O) groups is 2. The largest absolute Gasteiger partial charge is 0.493 e. The van der Waals surface area contributed by atoms with Crippen molar-refractivity contribution >= 4 is 17.8 Å². The van der Waals surface area contributed by atoms with Gasteiger partial charge in [0.1, 0.15) is 12.1 Å². The van der Waals surface area contributed by atoms with Crippen LogP contribution in [0, 0.1) is 0 Å². The molecule has 2 aliphatic rings. The summed E-state index contributed by atoms with van der Waals surface area (Å²) in [7, 11) is 1.53. The summed E-state index contributed by atoms with van der Waals surface area (Å²) in [5.41, 5.74) is 1.79. The standard InChI is InChI=1S/C25H34N6O5/c1-5-30(6-2)21(32)15-35-19-13-12-17(14-20(19)34-4)23-22(16(3)26-25-27-28-29-31(23)25)24(33)36-18-10-8-7-9-11-18/h12-14,18,23H,5-11,15H2,1-4H3,(H,26,27,29). The van der Waals surface area contributed by atoms with Crippen molar-refractivity contribution < 1.29 is 23.8 Å². The van der Waals surface area contributed by atoms with Gasteiger partial charge in [-0.05, 0) is 74.6 Å². The van der Waals surface area contributed by atoms with Gasteiger partial charge in [0.05, 0.1) is 12.7 Å². The molecule has 1 atom stereocenters. The SMILES string of the molecule is CCN(CC)C(=O)COc1ccc(C2C(C(=O)OC3CCCCC3)=C(C)Nc3nnnn32)cc1OC. The van der Waals surface area contributed by atoms with E-state index < -0.39 is 6.04 Å². The van der Waals surface area contributed by atoms with Crippen molar-refractivity contribution in [3.63, 3.8) is 0 Å². The fourth-order valence-electron chi connectivity index (χ4n) is 4.76. The number of hydrogen-bond acceptors (Lipinski definition) is 9. The molecule has 1 N–H and O–H groups in total. The molecule has 11 nitrogen and oxygen atoms in total. The van der Waals surface area contributed by atoms with E-state index in [1.807, 2.05) is 26.8 Å². The molecule has 1 aliphatic carbocycles. The molecule has 11 heteroatoms. The van der Waals surface area contributed by atoms with Gasteiger partial charge in [-0.2, -0.15) is 4.68 Å². The van der Waals surface area contributed by atoms with Gasteiger partial charge in [0.15, 0.2) is 18.1 Å². The summed E-state index contributed by atoms with van der Waals surface area (Å²) in [5, 5.41) is 15.1. The van der Waals surface area contributed by atoms with Crippen LogP contribution >= 0.6 is 0 Å². The molecule has 2 aromatic rings. The van der Waals surface area contributed by atoms with Crippen LogP contribution in [-0.2, 0) is 14.3 Å². The third-order valence-corrected chi connectivity index (χ3v) is 6.73.